The third kappa shape index (κ3) is 1.54. The van der Waals surface area contributed by atoms with Crippen LogP contribution in [-0.2, 0) is 5.60 Å². The molecule has 2 heterocycles. The van der Waals surface area contributed by atoms with E-state index in [1.165, 1.54) is 16.8 Å². The predicted molar refractivity (Wildman–Crippen MR) is 52.1 cm³/mol. The summed E-state index contributed by atoms with van der Waals surface area (Å²) in [6.45, 7) is 0. The van der Waals surface area contributed by atoms with Crippen LogP contribution < -0.4 is 0 Å². The number of alkyl halides is 3. The molecule has 16 heavy (non-hydrogen) atoms. The van der Waals surface area contributed by atoms with E-state index in [1.807, 2.05) is 0 Å². The minimum absolute atomic E-state index is 0.202. The van der Waals surface area contributed by atoms with E-state index in [2.05, 4.69) is 4.42 Å². The summed E-state index contributed by atoms with van der Waals surface area (Å²) in [4.78, 5) is 0. The summed E-state index contributed by atoms with van der Waals surface area (Å²) in [5, 5.41) is 12.6. The molecule has 0 amide bonds. The summed E-state index contributed by atoms with van der Waals surface area (Å²) in [7, 11) is 0. The molecule has 0 aliphatic heterocycles. The predicted octanol–water partition coefficient (Wildman–Crippen LogP) is 3.14. The molecule has 1 N–H and O–H groups in total. The van der Waals surface area contributed by atoms with Crippen molar-refractivity contribution in [3.05, 3.63) is 46.5 Å². The molecule has 0 aliphatic carbocycles. The smallest absolute Gasteiger partial charge is 0.425 e. The molecular weight excluding hydrogens is 241 g/mol. The molecule has 0 spiro atoms. The van der Waals surface area contributed by atoms with Gasteiger partial charge in [0.15, 0.2) is 0 Å². The van der Waals surface area contributed by atoms with Crippen molar-refractivity contribution in [2.24, 2.45) is 0 Å². The zero-order valence-corrected chi connectivity index (χ0v) is 8.68. The van der Waals surface area contributed by atoms with Gasteiger partial charge in [-0.2, -0.15) is 24.5 Å². The maximum absolute atomic E-state index is 12.9. The summed E-state index contributed by atoms with van der Waals surface area (Å²) in [5.41, 5.74) is -3.52. The van der Waals surface area contributed by atoms with Crippen molar-refractivity contribution in [3.8, 4) is 0 Å². The van der Waals surface area contributed by atoms with Crippen LogP contribution in [0, 0.1) is 0 Å². The molecule has 2 aromatic rings. The van der Waals surface area contributed by atoms with E-state index in [9.17, 15) is 18.3 Å². The van der Waals surface area contributed by atoms with Gasteiger partial charge in [0.1, 0.15) is 0 Å². The number of halogens is 3. The Labute approximate surface area is 92.9 Å². The molecule has 2 aromatic heterocycles. The van der Waals surface area contributed by atoms with Crippen molar-refractivity contribution in [3.63, 3.8) is 0 Å². The van der Waals surface area contributed by atoms with Crippen LogP contribution >= 0.6 is 11.3 Å². The Hall–Kier alpha value is -1.27. The summed E-state index contributed by atoms with van der Waals surface area (Å²) >= 11 is 1.09. The lowest BCUT2D eigenvalue weighted by Gasteiger charge is -2.28. The van der Waals surface area contributed by atoms with Crippen LogP contribution in [0.4, 0.5) is 13.2 Å². The standard InChI is InChI=1S/C10H7F3O2S/c11-10(12,13)9(14,7-1-3-15-5-7)8-2-4-16-6-8/h1-6,14H. The van der Waals surface area contributed by atoms with Crippen LogP contribution in [0.15, 0.2) is 39.8 Å². The molecule has 0 saturated carbocycles. The topological polar surface area (TPSA) is 33.4 Å². The average Bonchev–Trinajstić information content (AvgIpc) is 2.88. The van der Waals surface area contributed by atoms with Crippen LogP contribution in [0.2, 0.25) is 0 Å². The van der Waals surface area contributed by atoms with Crippen LogP contribution in [-0.4, -0.2) is 11.3 Å². The Morgan fingerprint density at radius 3 is 2.38 bits per heavy atom. The van der Waals surface area contributed by atoms with Gasteiger partial charge in [-0.3, -0.25) is 0 Å². The SMILES string of the molecule is OC(c1ccoc1)(c1ccsc1)C(F)(F)F. The molecule has 0 aromatic carbocycles. The Morgan fingerprint density at radius 2 is 1.94 bits per heavy atom. The van der Waals surface area contributed by atoms with E-state index in [0.717, 1.165) is 29.9 Å². The highest BCUT2D eigenvalue weighted by Gasteiger charge is 2.57. The Bertz CT molecular complexity index is 411. The molecule has 0 fully saturated rings. The fourth-order valence-corrected chi connectivity index (χ4v) is 2.13. The second kappa shape index (κ2) is 3.64. The maximum atomic E-state index is 12.9. The lowest BCUT2D eigenvalue weighted by Crippen LogP contribution is -2.42. The van der Waals surface area contributed by atoms with Crippen molar-refractivity contribution < 1.29 is 22.7 Å². The number of furan rings is 1. The van der Waals surface area contributed by atoms with Gasteiger partial charge >= 0.3 is 6.18 Å². The Morgan fingerprint density at radius 1 is 1.19 bits per heavy atom. The van der Waals surface area contributed by atoms with Crippen molar-refractivity contribution in [2.75, 3.05) is 0 Å². The van der Waals surface area contributed by atoms with E-state index in [-0.39, 0.29) is 11.1 Å². The van der Waals surface area contributed by atoms with Gasteiger partial charge in [-0.15, -0.1) is 0 Å². The van der Waals surface area contributed by atoms with E-state index < -0.39 is 11.8 Å². The summed E-state index contributed by atoms with van der Waals surface area (Å²) in [6, 6.07) is 2.34. The van der Waals surface area contributed by atoms with Crippen molar-refractivity contribution in [1.29, 1.82) is 0 Å². The lowest BCUT2D eigenvalue weighted by molar-refractivity contribution is -0.248. The monoisotopic (exact) mass is 248 g/mol. The van der Waals surface area contributed by atoms with Gasteiger partial charge in [0.2, 0.25) is 5.60 Å². The molecule has 0 aliphatic rings. The molecular formula is C10H7F3O2S. The highest BCUT2D eigenvalue weighted by Crippen LogP contribution is 2.44. The molecule has 0 radical (unpaired) electrons. The number of hydrogen-bond acceptors (Lipinski definition) is 3. The number of thiophene rings is 1. The second-order valence-corrected chi connectivity index (χ2v) is 4.01. The first-order chi connectivity index (χ1) is 7.46. The average molecular weight is 248 g/mol. The molecule has 0 saturated heterocycles. The molecule has 6 heteroatoms. The van der Waals surface area contributed by atoms with Gasteiger partial charge in [-0.25, -0.2) is 0 Å². The van der Waals surface area contributed by atoms with Gasteiger partial charge in [0.05, 0.1) is 12.5 Å². The molecule has 2 nitrogen and oxygen atoms in total. The first-order valence-corrected chi connectivity index (χ1v) is 5.25. The first kappa shape index (κ1) is 11.2. The van der Waals surface area contributed by atoms with E-state index in [0.29, 0.717) is 0 Å². The van der Waals surface area contributed by atoms with Crippen LogP contribution in [0.1, 0.15) is 11.1 Å². The fraction of sp³-hybridized carbons (Fsp3) is 0.200. The highest BCUT2D eigenvalue weighted by molar-refractivity contribution is 7.08. The molecule has 2 rings (SSSR count). The van der Waals surface area contributed by atoms with Gasteiger partial charge in [-0.05, 0) is 22.9 Å². The van der Waals surface area contributed by atoms with Crippen molar-refractivity contribution in [2.45, 2.75) is 11.8 Å². The number of rotatable bonds is 2. The molecule has 0 bridgehead atoms. The van der Waals surface area contributed by atoms with E-state index in [1.54, 1.807) is 0 Å². The number of hydrogen-bond donors (Lipinski definition) is 1. The summed E-state index contributed by atoms with van der Waals surface area (Å²) in [6.07, 6.45) is -2.80. The maximum Gasteiger partial charge on any atom is 0.425 e. The van der Waals surface area contributed by atoms with E-state index >= 15 is 0 Å². The van der Waals surface area contributed by atoms with Gasteiger partial charge in [-0.1, -0.05) is 0 Å². The summed E-state index contributed by atoms with van der Waals surface area (Å²) < 4.78 is 43.4. The fourth-order valence-electron chi connectivity index (χ4n) is 1.43. The Balaban J connectivity index is 2.59. The van der Waals surface area contributed by atoms with Crippen LogP contribution in [0.5, 0.6) is 0 Å². The summed E-state index contributed by atoms with van der Waals surface area (Å²) in [5.74, 6) is 0. The highest BCUT2D eigenvalue weighted by atomic mass is 32.1. The molecule has 1 unspecified atom stereocenters. The Kier molecular flexibility index (Phi) is 2.55. The zero-order chi connectivity index (χ0) is 11.8. The zero-order valence-electron chi connectivity index (χ0n) is 7.86. The largest absolute Gasteiger partial charge is 0.472 e. The third-order valence-corrected chi connectivity index (χ3v) is 2.97. The second-order valence-electron chi connectivity index (χ2n) is 3.23. The van der Waals surface area contributed by atoms with Gasteiger partial charge in [0.25, 0.3) is 0 Å². The van der Waals surface area contributed by atoms with Gasteiger partial charge < -0.3 is 9.52 Å². The molecule has 1 atom stereocenters. The minimum atomic E-state index is -4.79. The lowest BCUT2D eigenvalue weighted by atomic mass is 9.89. The third-order valence-electron chi connectivity index (χ3n) is 2.29. The quantitative estimate of drug-likeness (QED) is 0.885. The van der Waals surface area contributed by atoms with Crippen molar-refractivity contribution >= 4 is 11.3 Å². The molecule has 86 valence electrons. The normalized spacial score (nSPS) is 16.0. The van der Waals surface area contributed by atoms with E-state index in [4.69, 9.17) is 0 Å². The first-order valence-electron chi connectivity index (χ1n) is 4.30. The van der Waals surface area contributed by atoms with Gasteiger partial charge in [0, 0.05) is 11.1 Å². The van der Waals surface area contributed by atoms with Crippen molar-refractivity contribution in [1.82, 2.24) is 0 Å². The minimum Gasteiger partial charge on any atom is -0.472 e. The van der Waals surface area contributed by atoms with Crippen LogP contribution in [0.25, 0.3) is 0 Å². The number of aliphatic hydroxyl groups is 1. The van der Waals surface area contributed by atoms with Crippen LogP contribution in [0.3, 0.4) is 0 Å².